The second kappa shape index (κ2) is 3.87. The van der Waals surface area contributed by atoms with Gasteiger partial charge in [0, 0.05) is 0 Å². The Morgan fingerprint density at radius 2 is 1.43 bits per heavy atom. The van der Waals surface area contributed by atoms with Gasteiger partial charge in [-0.2, -0.15) is 0 Å². The van der Waals surface area contributed by atoms with Crippen molar-refractivity contribution in [2.24, 2.45) is 23.7 Å². The second-order valence-electron chi connectivity index (χ2n) is 6.08. The van der Waals surface area contributed by atoms with E-state index in [0.717, 1.165) is 23.7 Å². The third-order valence-electron chi connectivity index (χ3n) is 5.34. The maximum atomic E-state index is 1.61. The van der Waals surface area contributed by atoms with Crippen molar-refractivity contribution in [3.05, 3.63) is 0 Å². The van der Waals surface area contributed by atoms with Crippen LogP contribution < -0.4 is 0 Å². The van der Waals surface area contributed by atoms with Crippen LogP contribution in [0.2, 0.25) is 0 Å². The highest BCUT2D eigenvalue weighted by Crippen LogP contribution is 2.48. The molecule has 0 amide bonds. The normalized spacial score (nSPS) is 48.0. The number of hydrogen-bond donors (Lipinski definition) is 0. The van der Waals surface area contributed by atoms with Crippen molar-refractivity contribution >= 4 is 0 Å². The molecule has 3 aliphatic rings. The summed E-state index contributed by atoms with van der Waals surface area (Å²) < 4.78 is 0. The Morgan fingerprint density at radius 3 is 2.43 bits per heavy atom. The largest absolute Gasteiger partial charge is 0.0530 e. The lowest BCUT2D eigenvalue weighted by atomic mass is 9.69. The predicted octanol–water partition coefficient (Wildman–Crippen LogP) is 4.39. The summed E-state index contributed by atoms with van der Waals surface area (Å²) in [5, 5.41) is 0. The van der Waals surface area contributed by atoms with Gasteiger partial charge in [-0.1, -0.05) is 44.9 Å². The molecule has 0 N–H and O–H groups in total. The van der Waals surface area contributed by atoms with Crippen LogP contribution in [-0.2, 0) is 0 Å². The van der Waals surface area contributed by atoms with Crippen LogP contribution in [0.25, 0.3) is 0 Å². The number of rotatable bonds is 0. The lowest BCUT2D eigenvalue weighted by molar-refractivity contribution is 0.137. The summed E-state index contributed by atoms with van der Waals surface area (Å²) in [6, 6.07) is 0. The quantitative estimate of drug-likeness (QED) is 0.534. The minimum absolute atomic E-state index is 1.14. The van der Waals surface area contributed by atoms with E-state index >= 15 is 0 Å². The average Bonchev–Trinajstić information content (AvgIpc) is 2.38. The smallest absolute Gasteiger partial charge is 0.0357 e. The highest BCUT2D eigenvalue weighted by molar-refractivity contribution is 4.88. The SMILES string of the molecule is C1CCC2C(C1)CCC1CCCC2C1. The van der Waals surface area contributed by atoms with Crippen LogP contribution in [0, 0.1) is 23.7 Å². The first-order chi connectivity index (χ1) is 6.93. The lowest BCUT2D eigenvalue weighted by Crippen LogP contribution is -2.27. The molecule has 3 rings (SSSR count). The fraction of sp³-hybridized carbons (Fsp3) is 1.00. The molecule has 0 aromatic carbocycles. The summed E-state index contributed by atoms with van der Waals surface area (Å²) in [5.41, 5.74) is 0. The molecule has 3 saturated carbocycles. The summed E-state index contributed by atoms with van der Waals surface area (Å²) in [4.78, 5) is 0. The predicted molar refractivity (Wildman–Crippen MR) is 60.1 cm³/mol. The van der Waals surface area contributed by atoms with Crippen LogP contribution >= 0.6 is 0 Å². The Labute approximate surface area is 88.5 Å². The Balaban J connectivity index is 1.77. The molecule has 14 heavy (non-hydrogen) atoms. The van der Waals surface area contributed by atoms with Gasteiger partial charge < -0.3 is 0 Å². The van der Waals surface area contributed by atoms with E-state index in [1.54, 1.807) is 64.2 Å². The molecule has 4 atom stereocenters. The van der Waals surface area contributed by atoms with Gasteiger partial charge in [-0.05, 0) is 42.9 Å². The van der Waals surface area contributed by atoms with Crippen molar-refractivity contribution < 1.29 is 0 Å². The summed E-state index contributed by atoms with van der Waals surface area (Å²) >= 11 is 0. The van der Waals surface area contributed by atoms with Gasteiger partial charge in [0.2, 0.25) is 0 Å². The topological polar surface area (TPSA) is 0 Å². The van der Waals surface area contributed by atoms with Crippen LogP contribution in [0.15, 0.2) is 0 Å². The molecule has 0 heterocycles. The van der Waals surface area contributed by atoms with E-state index in [9.17, 15) is 0 Å². The molecule has 3 aliphatic carbocycles. The first-order valence-electron chi connectivity index (χ1n) is 6.93. The molecule has 2 bridgehead atoms. The fourth-order valence-electron chi connectivity index (χ4n) is 4.65. The molecule has 0 aromatic rings. The number of hydrogen-bond acceptors (Lipinski definition) is 0. The first-order valence-corrected chi connectivity index (χ1v) is 6.93. The van der Waals surface area contributed by atoms with Crippen molar-refractivity contribution in [2.45, 2.75) is 64.2 Å². The van der Waals surface area contributed by atoms with E-state index < -0.39 is 0 Å². The van der Waals surface area contributed by atoms with Gasteiger partial charge in [0.25, 0.3) is 0 Å². The van der Waals surface area contributed by atoms with E-state index in [1.807, 2.05) is 0 Å². The van der Waals surface area contributed by atoms with E-state index in [0.29, 0.717) is 0 Å². The molecule has 0 radical (unpaired) electrons. The Morgan fingerprint density at radius 1 is 0.571 bits per heavy atom. The van der Waals surface area contributed by atoms with Crippen LogP contribution in [-0.4, -0.2) is 0 Å². The lowest BCUT2D eigenvalue weighted by Gasteiger charge is -2.37. The average molecular weight is 192 g/mol. The second-order valence-corrected chi connectivity index (χ2v) is 6.08. The van der Waals surface area contributed by atoms with Gasteiger partial charge in [0.1, 0.15) is 0 Å². The van der Waals surface area contributed by atoms with Crippen LogP contribution in [0.3, 0.4) is 0 Å². The van der Waals surface area contributed by atoms with Gasteiger partial charge in [0.15, 0.2) is 0 Å². The van der Waals surface area contributed by atoms with Crippen LogP contribution in [0.4, 0.5) is 0 Å². The van der Waals surface area contributed by atoms with Crippen molar-refractivity contribution in [1.82, 2.24) is 0 Å². The summed E-state index contributed by atoms with van der Waals surface area (Å²) in [5.74, 6) is 4.60. The van der Waals surface area contributed by atoms with Crippen molar-refractivity contribution in [2.75, 3.05) is 0 Å². The van der Waals surface area contributed by atoms with Crippen LogP contribution in [0.5, 0.6) is 0 Å². The molecule has 4 unspecified atom stereocenters. The molecule has 80 valence electrons. The van der Waals surface area contributed by atoms with Gasteiger partial charge in [-0.3, -0.25) is 0 Å². The zero-order chi connectivity index (χ0) is 9.38. The summed E-state index contributed by atoms with van der Waals surface area (Å²) in [7, 11) is 0. The molecule has 0 saturated heterocycles. The van der Waals surface area contributed by atoms with Gasteiger partial charge in [0.05, 0.1) is 0 Å². The molecule has 0 aliphatic heterocycles. The Bertz CT molecular complexity index is 196. The summed E-state index contributed by atoms with van der Waals surface area (Å²) in [6.07, 6.45) is 15.7. The Hall–Kier alpha value is 0. The van der Waals surface area contributed by atoms with E-state index in [-0.39, 0.29) is 0 Å². The van der Waals surface area contributed by atoms with Gasteiger partial charge in [-0.15, -0.1) is 0 Å². The van der Waals surface area contributed by atoms with Crippen molar-refractivity contribution in [3.63, 3.8) is 0 Å². The number of fused-ring (bicyclic) bond motifs is 4. The zero-order valence-electron chi connectivity index (χ0n) is 9.38. The first kappa shape index (κ1) is 9.24. The van der Waals surface area contributed by atoms with E-state index in [4.69, 9.17) is 0 Å². The molecule has 3 fully saturated rings. The zero-order valence-corrected chi connectivity index (χ0v) is 9.38. The van der Waals surface area contributed by atoms with Gasteiger partial charge in [-0.25, -0.2) is 0 Å². The molecular weight excluding hydrogens is 168 g/mol. The standard InChI is InChI=1S/C14H24/c1-2-7-14-12(5-1)9-8-11-4-3-6-13(14)10-11/h11-14H,1-10H2. The third-order valence-corrected chi connectivity index (χ3v) is 5.34. The molecule has 0 aromatic heterocycles. The monoisotopic (exact) mass is 192 g/mol. The van der Waals surface area contributed by atoms with E-state index in [1.165, 1.54) is 0 Å². The minimum atomic E-state index is 1.14. The highest BCUT2D eigenvalue weighted by Gasteiger charge is 2.37. The Kier molecular flexibility index (Phi) is 2.55. The fourth-order valence-corrected chi connectivity index (χ4v) is 4.65. The highest BCUT2D eigenvalue weighted by atomic mass is 14.4. The van der Waals surface area contributed by atoms with Crippen LogP contribution in [0.1, 0.15) is 64.2 Å². The molecule has 0 spiro atoms. The van der Waals surface area contributed by atoms with Crippen molar-refractivity contribution in [3.8, 4) is 0 Å². The van der Waals surface area contributed by atoms with Crippen molar-refractivity contribution in [1.29, 1.82) is 0 Å². The molecular formula is C14H24. The maximum Gasteiger partial charge on any atom is -0.0357 e. The maximum absolute atomic E-state index is 1.61. The van der Waals surface area contributed by atoms with Gasteiger partial charge >= 0.3 is 0 Å². The molecule has 0 nitrogen and oxygen atoms in total. The minimum Gasteiger partial charge on any atom is -0.0530 e. The van der Waals surface area contributed by atoms with E-state index in [2.05, 4.69) is 0 Å². The molecule has 0 heteroatoms. The third kappa shape index (κ3) is 1.61. The summed E-state index contributed by atoms with van der Waals surface area (Å²) in [6.45, 7) is 0.